The lowest BCUT2D eigenvalue weighted by molar-refractivity contribution is -0.150. The summed E-state index contributed by atoms with van der Waals surface area (Å²) in [6.07, 6.45) is 25.4. The molecule has 1 aromatic rings. The highest BCUT2D eigenvalue weighted by Gasteiger charge is 2.16. The van der Waals surface area contributed by atoms with E-state index in [-0.39, 0.29) is 0 Å². The van der Waals surface area contributed by atoms with Crippen molar-refractivity contribution in [3.05, 3.63) is 48.0 Å². The minimum absolute atomic E-state index is 0.338. The molecule has 0 aliphatic carbocycles. The van der Waals surface area contributed by atoms with Crippen LogP contribution in [0.5, 0.6) is 0 Å². The molecular weight excluding hydrogens is 396 g/mol. The Balaban J connectivity index is 1.90. The van der Waals surface area contributed by atoms with E-state index in [2.05, 4.69) is 13.0 Å². The zero-order valence-electron chi connectivity index (χ0n) is 20.6. The summed E-state index contributed by atoms with van der Waals surface area (Å²) in [5.41, 5.74) is 1.00. The maximum absolute atomic E-state index is 11.4. The van der Waals surface area contributed by atoms with Gasteiger partial charge < -0.3 is 9.84 Å². The van der Waals surface area contributed by atoms with Crippen LogP contribution in [0.3, 0.4) is 0 Å². The molecule has 182 valence electrons. The first-order chi connectivity index (χ1) is 15.7. The molecule has 0 saturated carbocycles. The van der Waals surface area contributed by atoms with Crippen molar-refractivity contribution in [3.8, 4) is 0 Å². The van der Waals surface area contributed by atoms with Gasteiger partial charge in [0.15, 0.2) is 6.10 Å². The van der Waals surface area contributed by atoms with Crippen molar-refractivity contribution in [2.75, 3.05) is 0 Å². The Bertz CT molecular complexity index is 567. The van der Waals surface area contributed by atoms with Gasteiger partial charge in [-0.05, 0) is 18.4 Å². The van der Waals surface area contributed by atoms with Gasteiger partial charge in [0, 0.05) is 6.42 Å². The SMILES string of the molecule is CCCCCCCCCCCCCCCCC/C=C/C[C@@H](OCc1ccccc1)C(=O)O. The Hall–Kier alpha value is -1.61. The molecule has 1 rings (SSSR count). The van der Waals surface area contributed by atoms with Crippen LogP contribution >= 0.6 is 0 Å². The predicted molar refractivity (Wildman–Crippen MR) is 136 cm³/mol. The number of unbranched alkanes of at least 4 members (excludes halogenated alkanes) is 15. The maximum Gasteiger partial charge on any atom is 0.333 e. The van der Waals surface area contributed by atoms with Crippen LogP contribution in [-0.4, -0.2) is 17.2 Å². The van der Waals surface area contributed by atoms with E-state index in [9.17, 15) is 9.90 Å². The first-order valence-corrected chi connectivity index (χ1v) is 13.3. The quantitative estimate of drug-likeness (QED) is 0.143. The lowest BCUT2D eigenvalue weighted by Gasteiger charge is -2.11. The minimum atomic E-state index is -0.891. The van der Waals surface area contributed by atoms with Crippen LogP contribution in [-0.2, 0) is 16.1 Å². The summed E-state index contributed by atoms with van der Waals surface area (Å²) in [4.78, 5) is 11.4. The molecule has 0 saturated heterocycles. The smallest absolute Gasteiger partial charge is 0.333 e. The maximum atomic E-state index is 11.4. The highest BCUT2D eigenvalue weighted by molar-refractivity contribution is 5.72. The van der Waals surface area contributed by atoms with Crippen LogP contribution in [0, 0.1) is 0 Å². The third-order valence-corrected chi connectivity index (χ3v) is 6.06. The van der Waals surface area contributed by atoms with Crippen LogP contribution in [0.15, 0.2) is 42.5 Å². The third kappa shape index (κ3) is 17.0. The van der Waals surface area contributed by atoms with E-state index in [0.29, 0.717) is 13.0 Å². The van der Waals surface area contributed by atoms with Crippen LogP contribution in [0.1, 0.15) is 122 Å². The normalized spacial score (nSPS) is 12.4. The van der Waals surface area contributed by atoms with Gasteiger partial charge in [0.25, 0.3) is 0 Å². The zero-order chi connectivity index (χ0) is 23.1. The van der Waals surface area contributed by atoms with Crippen molar-refractivity contribution in [1.82, 2.24) is 0 Å². The van der Waals surface area contributed by atoms with Crippen molar-refractivity contribution in [2.45, 2.75) is 129 Å². The fourth-order valence-corrected chi connectivity index (χ4v) is 3.98. The first-order valence-electron chi connectivity index (χ1n) is 13.3. The molecule has 1 aromatic carbocycles. The van der Waals surface area contributed by atoms with E-state index in [4.69, 9.17) is 4.74 Å². The summed E-state index contributed by atoms with van der Waals surface area (Å²) in [5, 5.41) is 9.34. The molecule has 0 spiro atoms. The monoisotopic (exact) mass is 444 g/mol. The molecule has 32 heavy (non-hydrogen) atoms. The van der Waals surface area contributed by atoms with Crippen LogP contribution in [0.25, 0.3) is 0 Å². The van der Waals surface area contributed by atoms with Gasteiger partial charge in [-0.15, -0.1) is 0 Å². The second-order valence-corrected chi connectivity index (χ2v) is 9.07. The molecule has 0 bridgehead atoms. The Labute approximate surface area is 197 Å². The molecular formula is C29H48O3. The molecule has 0 aliphatic heterocycles. The summed E-state index contributed by atoms with van der Waals surface area (Å²) in [7, 11) is 0. The second-order valence-electron chi connectivity index (χ2n) is 9.07. The van der Waals surface area contributed by atoms with Gasteiger partial charge in [0.05, 0.1) is 6.61 Å². The number of benzene rings is 1. The zero-order valence-corrected chi connectivity index (χ0v) is 20.6. The molecule has 0 heterocycles. The topological polar surface area (TPSA) is 46.5 Å². The number of carbonyl (C=O) groups is 1. The summed E-state index contributed by atoms with van der Waals surface area (Å²) in [5.74, 6) is -0.891. The molecule has 0 aliphatic rings. The molecule has 1 N–H and O–H groups in total. The van der Waals surface area contributed by atoms with Gasteiger partial charge in [-0.1, -0.05) is 139 Å². The van der Waals surface area contributed by atoms with Gasteiger partial charge in [-0.3, -0.25) is 0 Å². The van der Waals surface area contributed by atoms with Crippen molar-refractivity contribution in [1.29, 1.82) is 0 Å². The Morgan fingerprint density at radius 1 is 0.781 bits per heavy atom. The third-order valence-electron chi connectivity index (χ3n) is 6.06. The molecule has 1 atom stereocenters. The van der Waals surface area contributed by atoms with Gasteiger partial charge in [-0.25, -0.2) is 4.79 Å². The molecule has 0 amide bonds. The van der Waals surface area contributed by atoms with E-state index in [0.717, 1.165) is 12.0 Å². The fraction of sp³-hybridized carbons (Fsp3) is 0.690. The Morgan fingerprint density at radius 2 is 1.28 bits per heavy atom. The van der Waals surface area contributed by atoms with E-state index < -0.39 is 12.1 Å². The van der Waals surface area contributed by atoms with Crippen LogP contribution in [0.2, 0.25) is 0 Å². The van der Waals surface area contributed by atoms with Gasteiger partial charge >= 0.3 is 5.97 Å². The van der Waals surface area contributed by atoms with E-state index in [1.54, 1.807) is 0 Å². The second kappa shape index (κ2) is 21.2. The van der Waals surface area contributed by atoms with Crippen molar-refractivity contribution in [3.63, 3.8) is 0 Å². The average molecular weight is 445 g/mol. The molecule has 0 unspecified atom stereocenters. The fourth-order valence-electron chi connectivity index (χ4n) is 3.98. The number of hydrogen-bond donors (Lipinski definition) is 1. The summed E-state index contributed by atoms with van der Waals surface area (Å²) >= 11 is 0. The molecule has 0 radical (unpaired) electrons. The lowest BCUT2D eigenvalue weighted by atomic mass is 10.0. The van der Waals surface area contributed by atoms with E-state index >= 15 is 0 Å². The molecule has 0 fully saturated rings. The molecule has 3 nitrogen and oxygen atoms in total. The van der Waals surface area contributed by atoms with Gasteiger partial charge in [0.1, 0.15) is 0 Å². The first kappa shape index (κ1) is 28.4. The number of carboxylic acid groups (broad SMARTS) is 1. The summed E-state index contributed by atoms with van der Waals surface area (Å²) in [6.45, 7) is 2.62. The number of allylic oxidation sites excluding steroid dienone is 1. The van der Waals surface area contributed by atoms with Crippen molar-refractivity contribution >= 4 is 5.97 Å². The van der Waals surface area contributed by atoms with Crippen LogP contribution < -0.4 is 0 Å². The van der Waals surface area contributed by atoms with E-state index in [1.165, 1.54) is 96.3 Å². The highest BCUT2D eigenvalue weighted by Crippen LogP contribution is 2.14. The van der Waals surface area contributed by atoms with Crippen molar-refractivity contribution < 1.29 is 14.6 Å². The lowest BCUT2D eigenvalue weighted by Crippen LogP contribution is -2.23. The van der Waals surface area contributed by atoms with Gasteiger partial charge in [0.2, 0.25) is 0 Å². The number of aliphatic carboxylic acids is 1. The number of ether oxygens (including phenoxy) is 1. The Morgan fingerprint density at radius 3 is 1.78 bits per heavy atom. The Kier molecular flexibility index (Phi) is 18.9. The number of carboxylic acids is 1. The van der Waals surface area contributed by atoms with Gasteiger partial charge in [-0.2, -0.15) is 0 Å². The van der Waals surface area contributed by atoms with E-state index in [1.807, 2.05) is 36.4 Å². The highest BCUT2D eigenvalue weighted by atomic mass is 16.5. The number of hydrogen-bond acceptors (Lipinski definition) is 2. The predicted octanol–water partition coefficient (Wildman–Crippen LogP) is 8.86. The minimum Gasteiger partial charge on any atom is -0.479 e. The van der Waals surface area contributed by atoms with Crippen molar-refractivity contribution in [2.24, 2.45) is 0 Å². The average Bonchev–Trinajstić information content (AvgIpc) is 2.80. The molecule has 3 heteroatoms. The number of rotatable bonds is 22. The largest absolute Gasteiger partial charge is 0.479 e. The summed E-state index contributed by atoms with van der Waals surface area (Å²) < 4.78 is 5.57. The summed E-state index contributed by atoms with van der Waals surface area (Å²) in [6, 6.07) is 9.71. The molecule has 0 aromatic heterocycles. The van der Waals surface area contributed by atoms with Crippen LogP contribution in [0.4, 0.5) is 0 Å². The standard InChI is InChI=1S/C29H48O3/c1-2-3-4-5-6-7-8-9-10-11-12-13-14-15-16-17-18-22-25-28(29(30)31)32-26-27-23-20-19-21-24-27/h18-24,28H,2-17,25-26H2,1H3,(H,30,31)/b22-18+/t28-/m1/s1.